The third-order valence-corrected chi connectivity index (χ3v) is 5.52. The maximum Gasteiger partial charge on any atom is 0.282 e. The summed E-state index contributed by atoms with van der Waals surface area (Å²) in [6, 6.07) is 8.13. The largest absolute Gasteiger partial charge is 0.385 e. The first-order chi connectivity index (χ1) is 12.4. The topological polar surface area (TPSA) is 90.0 Å². The molecule has 0 unspecified atom stereocenters. The van der Waals surface area contributed by atoms with E-state index in [1.807, 2.05) is 0 Å². The number of benzene rings is 1. The number of nitrogens with two attached hydrogens (primary N) is 1. The molecule has 1 aromatic heterocycles. The Bertz CT molecular complexity index is 960. The molecule has 8 heteroatoms. The summed E-state index contributed by atoms with van der Waals surface area (Å²) in [7, 11) is -3.73. The highest BCUT2D eigenvalue weighted by Crippen LogP contribution is 2.18. The van der Waals surface area contributed by atoms with Crippen molar-refractivity contribution < 1.29 is 8.42 Å². The van der Waals surface area contributed by atoms with Gasteiger partial charge in [0, 0.05) is 17.1 Å². The molecule has 0 atom stereocenters. The van der Waals surface area contributed by atoms with Gasteiger partial charge in [0.15, 0.2) is 0 Å². The second-order valence-corrected chi connectivity index (χ2v) is 7.95. The molecule has 0 bridgehead atoms. The first-order valence-corrected chi connectivity index (χ1v) is 9.81. The number of aromatic nitrogens is 2. The minimum absolute atomic E-state index is 0.174. The predicted octanol–water partition coefficient (Wildman–Crippen LogP) is 3.03. The van der Waals surface area contributed by atoms with Crippen molar-refractivity contribution in [3.05, 3.63) is 95.7 Å². The van der Waals surface area contributed by atoms with Crippen molar-refractivity contribution >= 4 is 26.0 Å². The second kappa shape index (κ2) is 8.68. The summed E-state index contributed by atoms with van der Waals surface area (Å²) >= 11 is 3.36. The maximum atomic E-state index is 12.6. The first-order valence-electron chi connectivity index (χ1n) is 7.58. The zero-order valence-corrected chi connectivity index (χ0v) is 16.4. The lowest BCUT2D eigenvalue weighted by atomic mass is 10.1. The second-order valence-electron chi connectivity index (χ2n) is 5.24. The molecule has 2 rings (SSSR count). The molecule has 1 heterocycles. The van der Waals surface area contributed by atoms with Gasteiger partial charge in [0.25, 0.3) is 10.0 Å². The molecule has 136 valence electrons. The quantitative estimate of drug-likeness (QED) is 0.623. The van der Waals surface area contributed by atoms with Crippen LogP contribution in [-0.4, -0.2) is 17.6 Å². The van der Waals surface area contributed by atoms with Crippen LogP contribution in [0, 0.1) is 0 Å². The molecule has 1 aromatic carbocycles. The van der Waals surface area contributed by atoms with E-state index in [1.54, 1.807) is 30.4 Å². The minimum atomic E-state index is -3.73. The first kappa shape index (κ1) is 19.7. The molecule has 6 nitrogen and oxygen atoms in total. The van der Waals surface area contributed by atoms with E-state index < -0.39 is 10.0 Å². The minimum Gasteiger partial charge on any atom is -0.385 e. The van der Waals surface area contributed by atoms with Crippen molar-refractivity contribution in [2.24, 2.45) is 5.73 Å². The summed E-state index contributed by atoms with van der Waals surface area (Å²) in [5, 5.41) is 6.83. The Kier molecular flexibility index (Phi) is 6.59. The molecule has 0 spiro atoms. The van der Waals surface area contributed by atoms with E-state index in [0.29, 0.717) is 17.8 Å². The standard InChI is InChI=1S/C18H19BrN4O2S/c1-3-16(19)11-15(18(20)21-4-2)10-14-12-22-23(13-14)26(24,25)17-8-6-5-7-9-17/h3-9,11-13,21H,1-2,10,20H2/b16-11+,18-15+. The van der Waals surface area contributed by atoms with Crippen LogP contribution in [0.3, 0.4) is 0 Å². The number of hydrogen-bond donors (Lipinski definition) is 2. The lowest BCUT2D eigenvalue weighted by Gasteiger charge is -2.08. The van der Waals surface area contributed by atoms with Crippen LogP contribution in [0.25, 0.3) is 0 Å². The van der Waals surface area contributed by atoms with Crippen molar-refractivity contribution in [1.82, 2.24) is 14.5 Å². The molecule has 3 N–H and O–H groups in total. The fraction of sp³-hybridized carbons (Fsp3) is 0.0556. The molecule has 0 fully saturated rings. The highest BCUT2D eigenvalue weighted by molar-refractivity contribution is 9.11. The fourth-order valence-electron chi connectivity index (χ4n) is 2.13. The van der Waals surface area contributed by atoms with Crippen LogP contribution in [0.15, 0.2) is 95.0 Å². The van der Waals surface area contributed by atoms with Crippen LogP contribution in [-0.2, 0) is 16.4 Å². The Balaban J connectivity index is 2.35. The van der Waals surface area contributed by atoms with Crippen LogP contribution >= 0.6 is 15.9 Å². The Morgan fingerprint density at radius 1 is 1.31 bits per heavy atom. The van der Waals surface area contributed by atoms with Gasteiger partial charge in [-0.3, -0.25) is 0 Å². The zero-order valence-electron chi connectivity index (χ0n) is 14.0. The van der Waals surface area contributed by atoms with Gasteiger partial charge < -0.3 is 11.1 Å². The fourth-order valence-corrected chi connectivity index (χ4v) is 3.57. The van der Waals surface area contributed by atoms with Crippen molar-refractivity contribution in [1.29, 1.82) is 0 Å². The van der Waals surface area contributed by atoms with Crippen molar-refractivity contribution in [3.8, 4) is 0 Å². The van der Waals surface area contributed by atoms with Crippen LogP contribution in [0.5, 0.6) is 0 Å². The summed E-state index contributed by atoms with van der Waals surface area (Å²) in [5.74, 6) is 0.400. The molecule has 0 amide bonds. The van der Waals surface area contributed by atoms with E-state index in [4.69, 9.17) is 5.73 Å². The SMILES string of the molecule is C=CN/C(N)=C(/C=C(/Br)C=C)Cc1cnn(S(=O)(=O)c2ccccc2)c1. The van der Waals surface area contributed by atoms with E-state index in [9.17, 15) is 8.42 Å². The van der Waals surface area contributed by atoms with Crippen LogP contribution in [0.4, 0.5) is 0 Å². The Morgan fingerprint density at radius 2 is 2.00 bits per heavy atom. The van der Waals surface area contributed by atoms with Gasteiger partial charge in [-0.05, 0) is 35.5 Å². The molecule has 0 aliphatic carbocycles. The highest BCUT2D eigenvalue weighted by Gasteiger charge is 2.18. The Morgan fingerprint density at radius 3 is 2.62 bits per heavy atom. The molecule has 0 radical (unpaired) electrons. The molecule has 0 saturated heterocycles. The summed E-state index contributed by atoms with van der Waals surface area (Å²) in [6.45, 7) is 7.27. The molecular formula is C18H19BrN4O2S. The third kappa shape index (κ3) is 4.74. The van der Waals surface area contributed by atoms with Gasteiger partial charge in [-0.25, -0.2) is 0 Å². The summed E-state index contributed by atoms with van der Waals surface area (Å²) < 4.78 is 26.9. The Labute approximate surface area is 161 Å². The van der Waals surface area contributed by atoms with Crippen LogP contribution < -0.4 is 11.1 Å². The van der Waals surface area contributed by atoms with Crippen LogP contribution in [0.1, 0.15) is 5.56 Å². The average Bonchev–Trinajstić information content (AvgIpc) is 3.11. The normalized spacial score (nSPS) is 13.0. The van der Waals surface area contributed by atoms with Gasteiger partial charge in [-0.15, -0.1) is 0 Å². The predicted molar refractivity (Wildman–Crippen MR) is 107 cm³/mol. The smallest absolute Gasteiger partial charge is 0.282 e. The van der Waals surface area contributed by atoms with Crippen molar-refractivity contribution in [2.45, 2.75) is 11.3 Å². The van der Waals surface area contributed by atoms with Crippen molar-refractivity contribution in [3.63, 3.8) is 0 Å². The third-order valence-electron chi connectivity index (χ3n) is 3.41. The molecule has 0 aliphatic heterocycles. The monoisotopic (exact) mass is 434 g/mol. The summed E-state index contributed by atoms with van der Waals surface area (Å²) in [6.07, 6.45) is 8.23. The number of nitrogens with zero attached hydrogens (tertiary/aromatic N) is 2. The number of nitrogens with one attached hydrogen (secondary N) is 1. The molecule has 0 aliphatic rings. The maximum absolute atomic E-state index is 12.6. The summed E-state index contributed by atoms with van der Waals surface area (Å²) in [5.41, 5.74) is 7.43. The number of allylic oxidation sites excluding steroid dienone is 4. The summed E-state index contributed by atoms with van der Waals surface area (Å²) in [4.78, 5) is 0.174. The molecule has 26 heavy (non-hydrogen) atoms. The van der Waals surface area contributed by atoms with Gasteiger partial charge >= 0.3 is 0 Å². The zero-order chi connectivity index (χ0) is 19.2. The number of rotatable bonds is 8. The van der Waals surface area contributed by atoms with Gasteiger partial charge in [0.1, 0.15) is 5.82 Å². The number of hydrogen-bond acceptors (Lipinski definition) is 5. The highest BCUT2D eigenvalue weighted by atomic mass is 79.9. The lowest BCUT2D eigenvalue weighted by molar-refractivity contribution is 0.580. The van der Waals surface area contributed by atoms with E-state index in [1.165, 1.54) is 30.7 Å². The van der Waals surface area contributed by atoms with E-state index in [2.05, 4.69) is 39.5 Å². The van der Waals surface area contributed by atoms with E-state index in [-0.39, 0.29) is 4.90 Å². The molecule has 2 aromatic rings. The Hall–Kier alpha value is -2.58. The van der Waals surface area contributed by atoms with Crippen molar-refractivity contribution in [2.75, 3.05) is 0 Å². The van der Waals surface area contributed by atoms with Gasteiger partial charge in [-0.1, -0.05) is 53.4 Å². The average molecular weight is 435 g/mol. The number of halogens is 1. The lowest BCUT2D eigenvalue weighted by Crippen LogP contribution is -2.17. The van der Waals surface area contributed by atoms with E-state index >= 15 is 0 Å². The van der Waals surface area contributed by atoms with Crippen LogP contribution in [0.2, 0.25) is 0 Å². The van der Waals surface area contributed by atoms with E-state index in [0.717, 1.165) is 14.1 Å². The van der Waals surface area contributed by atoms with Gasteiger partial charge in [0.05, 0.1) is 11.1 Å². The van der Waals surface area contributed by atoms with Gasteiger partial charge in [-0.2, -0.15) is 17.6 Å². The molecular weight excluding hydrogens is 416 g/mol. The molecule has 0 saturated carbocycles. The van der Waals surface area contributed by atoms with Gasteiger partial charge in [0.2, 0.25) is 0 Å².